The number of likely N-dealkylation sites (tertiary alicyclic amines) is 1. The summed E-state index contributed by atoms with van der Waals surface area (Å²) in [7, 11) is 1.23. The number of rotatable bonds is 10. The Hall–Kier alpha value is -3.33. The molecule has 8 nitrogen and oxygen atoms in total. The lowest BCUT2D eigenvalue weighted by Crippen LogP contribution is -2.49. The number of carbonyl (C=O) groups is 2. The average molecular weight is 663 g/mol. The van der Waals surface area contributed by atoms with Crippen molar-refractivity contribution in [3.05, 3.63) is 83.4 Å². The molecule has 9 heteroatoms. The van der Waals surface area contributed by atoms with E-state index in [9.17, 15) is 19.8 Å². The molecule has 2 heterocycles. The van der Waals surface area contributed by atoms with Gasteiger partial charge >= 0.3 is 5.97 Å². The number of carbonyl (C=O) groups excluding carboxylic acids is 2. The molecule has 1 amide bonds. The number of esters is 1. The molecule has 0 aromatic heterocycles. The molecule has 6 atom stereocenters. The van der Waals surface area contributed by atoms with Crippen LogP contribution in [0.1, 0.15) is 68.1 Å². The van der Waals surface area contributed by atoms with Gasteiger partial charge in [-0.3, -0.25) is 4.79 Å². The van der Waals surface area contributed by atoms with Crippen molar-refractivity contribution in [1.82, 2.24) is 4.90 Å². The van der Waals surface area contributed by atoms with Gasteiger partial charge in [0.15, 0.2) is 5.60 Å². The smallest absolute Gasteiger partial charge is 0.343 e. The summed E-state index contributed by atoms with van der Waals surface area (Å²) in [4.78, 5) is 31.1. The van der Waals surface area contributed by atoms with E-state index in [0.717, 1.165) is 55.7 Å². The van der Waals surface area contributed by atoms with Gasteiger partial charge < -0.3 is 29.5 Å². The Balaban J connectivity index is 1.38. The minimum absolute atomic E-state index is 0.00335. The third kappa shape index (κ3) is 6.32. The summed E-state index contributed by atoms with van der Waals surface area (Å²) >= 11 is 6.43. The number of methoxy groups -OCH3 is 1. The number of hydrogen-bond donors (Lipinski definition) is 2. The quantitative estimate of drug-likeness (QED) is 0.249. The predicted molar refractivity (Wildman–Crippen MR) is 183 cm³/mol. The van der Waals surface area contributed by atoms with Gasteiger partial charge in [-0.2, -0.15) is 0 Å². The average Bonchev–Trinajstić information content (AvgIpc) is 3.47. The van der Waals surface area contributed by atoms with Crippen LogP contribution in [-0.2, 0) is 31.8 Å². The Kier molecular flexibility index (Phi) is 9.75. The van der Waals surface area contributed by atoms with E-state index in [1.807, 2.05) is 6.07 Å². The van der Waals surface area contributed by atoms with Gasteiger partial charge in [-0.15, -0.1) is 13.2 Å². The van der Waals surface area contributed by atoms with Crippen LogP contribution in [0.15, 0.2) is 61.7 Å². The van der Waals surface area contributed by atoms with Crippen LogP contribution in [-0.4, -0.2) is 72.5 Å². The van der Waals surface area contributed by atoms with Crippen molar-refractivity contribution in [2.45, 2.75) is 80.9 Å². The molecule has 6 rings (SSSR count). The highest BCUT2D eigenvalue weighted by molar-refractivity contribution is 6.30. The van der Waals surface area contributed by atoms with E-state index in [-0.39, 0.29) is 34.8 Å². The second-order valence-electron chi connectivity index (χ2n) is 14.0. The number of fused-ring (bicyclic) bond motifs is 3. The van der Waals surface area contributed by atoms with Crippen LogP contribution in [0.4, 0.5) is 5.69 Å². The zero-order chi connectivity index (χ0) is 33.3. The number of amides is 1. The molecule has 2 aliphatic carbocycles. The number of anilines is 1. The van der Waals surface area contributed by atoms with Crippen LogP contribution in [0.2, 0.25) is 5.02 Å². The van der Waals surface area contributed by atoms with Gasteiger partial charge in [0.1, 0.15) is 5.75 Å². The van der Waals surface area contributed by atoms with Crippen LogP contribution >= 0.6 is 11.6 Å². The first-order valence-corrected chi connectivity index (χ1v) is 17.3. The molecule has 2 N–H and O–H groups in total. The maximum atomic E-state index is 13.7. The van der Waals surface area contributed by atoms with E-state index in [1.54, 1.807) is 35.3 Å². The van der Waals surface area contributed by atoms with Gasteiger partial charge in [0, 0.05) is 36.1 Å². The minimum atomic E-state index is -2.19. The number of aryl methyl sites for hydroxylation is 1. The van der Waals surface area contributed by atoms with Crippen molar-refractivity contribution in [3.63, 3.8) is 0 Å². The van der Waals surface area contributed by atoms with Crippen molar-refractivity contribution in [2.24, 2.45) is 11.8 Å². The summed E-state index contributed by atoms with van der Waals surface area (Å²) in [6.07, 6.45) is 9.58. The number of aliphatic hydroxyl groups excluding tert-OH is 1. The predicted octanol–water partition coefficient (Wildman–Crippen LogP) is 5.70. The zero-order valence-electron chi connectivity index (χ0n) is 27.3. The number of benzene rings is 2. The van der Waals surface area contributed by atoms with Crippen molar-refractivity contribution >= 4 is 29.2 Å². The lowest BCUT2D eigenvalue weighted by molar-refractivity contribution is -0.168. The van der Waals surface area contributed by atoms with Crippen LogP contribution in [0.5, 0.6) is 5.75 Å². The maximum Gasteiger partial charge on any atom is 0.343 e. The first kappa shape index (κ1) is 33.6. The van der Waals surface area contributed by atoms with Crippen molar-refractivity contribution in [1.29, 1.82) is 0 Å². The second kappa shape index (κ2) is 13.7. The first-order chi connectivity index (χ1) is 22.6. The van der Waals surface area contributed by atoms with Crippen molar-refractivity contribution < 1.29 is 29.3 Å². The molecule has 2 aromatic carbocycles. The normalized spacial score (nSPS) is 26.9. The van der Waals surface area contributed by atoms with E-state index in [0.29, 0.717) is 38.4 Å². The third-order valence-electron chi connectivity index (χ3n) is 11.2. The Morgan fingerprint density at radius 1 is 1.19 bits per heavy atom. The van der Waals surface area contributed by atoms with E-state index < -0.39 is 24.1 Å². The molecule has 47 heavy (non-hydrogen) atoms. The summed E-state index contributed by atoms with van der Waals surface area (Å²) in [5.41, 5.74) is 1.01. The fraction of sp³-hybridized carbons (Fsp3) is 0.526. The summed E-state index contributed by atoms with van der Waals surface area (Å²) in [5, 5.41) is 23.5. The number of halogens is 1. The fourth-order valence-corrected chi connectivity index (χ4v) is 8.68. The second-order valence-corrected chi connectivity index (χ2v) is 14.4. The highest BCUT2D eigenvalue weighted by Gasteiger charge is 2.47. The van der Waals surface area contributed by atoms with E-state index in [4.69, 9.17) is 21.1 Å². The molecule has 0 unspecified atom stereocenters. The van der Waals surface area contributed by atoms with Crippen molar-refractivity contribution in [2.75, 3.05) is 38.3 Å². The molecule has 252 valence electrons. The Morgan fingerprint density at radius 2 is 2.02 bits per heavy atom. The van der Waals surface area contributed by atoms with Gasteiger partial charge in [0.05, 0.1) is 31.9 Å². The summed E-state index contributed by atoms with van der Waals surface area (Å²) < 4.78 is 11.7. The SMILES string of the molecule is C=CC[C@@H]1CCCN1C(=O)C[C@](O)(C(=O)OC)c1ccc2c(c1)N(C[C@@H]1CC[C@H]1[C@@H](O)C=C)C[C@@]1(CCCc3cc(Cl)ccc31)CO2. The molecular formula is C38H47ClN2O6. The minimum Gasteiger partial charge on any atom is -0.490 e. The molecule has 2 fully saturated rings. The maximum absolute atomic E-state index is 13.7. The monoisotopic (exact) mass is 662 g/mol. The third-order valence-corrected chi connectivity index (χ3v) is 11.4. The zero-order valence-corrected chi connectivity index (χ0v) is 28.1. The number of aliphatic hydroxyl groups is 2. The molecule has 1 spiro atoms. The van der Waals surface area contributed by atoms with Crippen LogP contribution in [0.25, 0.3) is 0 Å². The van der Waals surface area contributed by atoms with E-state index in [2.05, 4.69) is 30.2 Å². The molecule has 1 saturated heterocycles. The van der Waals surface area contributed by atoms with Crippen molar-refractivity contribution in [3.8, 4) is 5.75 Å². The van der Waals surface area contributed by atoms with Crippen LogP contribution in [0, 0.1) is 11.8 Å². The number of ether oxygens (including phenoxy) is 2. The molecular weight excluding hydrogens is 616 g/mol. The molecule has 1 saturated carbocycles. The number of hydrogen-bond acceptors (Lipinski definition) is 7. The molecule has 0 bridgehead atoms. The van der Waals surface area contributed by atoms with Gasteiger partial charge in [-0.1, -0.05) is 35.9 Å². The van der Waals surface area contributed by atoms with Gasteiger partial charge in [-0.05, 0) is 104 Å². The first-order valence-electron chi connectivity index (χ1n) is 17.0. The summed E-state index contributed by atoms with van der Waals surface area (Å²) in [6, 6.07) is 11.4. The highest BCUT2D eigenvalue weighted by atomic mass is 35.5. The Morgan fingerprint density at radius 3 is 2.74 bits per heavy atom. The molecule has 2 aromatic rings. The molecule has 0 radical (unpaired) electrons. The van der Waals surface area contributed by atoms with E-state index in [1.165, 1.54) is 18.2 Å². The van der Waals surface area contributed by atoms with Gasteiger partial charge in [0.25, 0.3) is 0 Å². The van der Waals surface area contributed by atoms with Gasteiger partial charge in [0.2, 0.25) is 5.91 Å². The standard InChI is InChI=1S/C38H47ClN2O6/c1-4-8-29-10-7-18-41(29)35(43)21-38(45,36(44)46-3)27-12-16-34-32(20-27)40(22-26-11-14-30(26)33(42)5-2)23-37(24-47-34)17-6-9-25-19-28(39)13-15-31(25)37/h4-5,12-13,15-16,19-20,26,29-30,33,42,45H,1-2,6-11,14,17-18,21-24H2,3H3/t26-,29+,30+,33-,37-,38+/m0/s1. The topological polar surface area (TPSA) is 99.5 Å². The molecule has 2 aliphatic heterocycles. The largest absolute Gasteiger partial charge is 0.490 e. The lowest BCUT2D eigenvalue weighted by atomic mass is 9.68. The summed E-state index contributed by atoms with van der Waals surface area (Å²) in [5.74, 6) is -0.200. The Labute approximate surface area is 283 Å². The van der Waals surface area contributed by atoms with Crippen LogP contribution in [0.3, 0.4) is 0 Å². The Bertz CT molecular complexity index is 1530. The lowest BCUT2D eigenvalue weighted by Gasteiger charge is -2.45. The summed E-state index contributed by atoms with van der Waals surface area (Å²) in [6.45, 7) is 10.0. The molecule has 4 aliphatic rings. The fourth-order valence-electron chi connectivity index (χ4n) is 8.48. The van der Waals surface area contributed by atoms with E-state index >= 15 is 0 Å². The number of nitrogens with zero attached hydrogens (tertiary/aromatic N) is 2. The van der Waals surface area contributed by atoms with Crippen LogP contribution < -0.4 is 9.64 Å². The van der Waals surface area contributed by atoms with Gasteiger partial charge in [-0.25, -0.2) is 4.79 Å². The highest BCUT2D eigenvalue weighted by Crippen LogP contribution is 2.47.